The first-order chi connectivity index (χ1) is 16.6. The lowest BCUT2D eigenvalue weighted by Crippen LogP contribution is -2.56. The van der Waals surface area contributed by atoms with E-state index in [0.29, 0.717) is 19.1 Å². The van der Waals surface area contributed by atoms with Crippen molar-refractivity contribution in [2.45, 2.75) is 18.9 Å². The number of piperidine rings is 1. The Hall–Kier alpha value is -3.66. The number of fused-ring (bicyclic) bond motifs is 1. The van der Waals surface area contributed by atoms with Gasteiger partial charge in [0.1, 0.15) is 29.7 Å². The Morgan fingerprint density at radius 1 is 1.09 bits per heavy atom. The number of benzene rings is 1. The highest BCUT2D eigenvalue weighted by molar-refractivity contribution is 5.94. The Kier molecular flexibility index (Phi) is 5.09. The number of likely N-dealkylation sites (tertiary alicyclic amines) is 2. The Labute approximate surface area is 194 Å². The summed E-state index contributed by atoms with van der Waals surface area (Å²) in [5, 5.41) is 5.50. The molecule has 3 aromatic heterocycles. The van der Waals surface area contributed by atoms with Crippen LogP contribution in [0, 0.1) is 17.7 Å². The maximum atomic E-state index is 14.0. The molecule has 34 heavy (non-hydrogen) atoms. The molecule has 2 aliphatic heterocycles. The van der Waals surface area contributed by atoms with Crippen LogP contribution in [0.1, 0.15) is 23.2 Å². The number of carbonyl (C=O) groups is 1. The van der Waals surface area contributed by atoms with Crippen molar-refractivity contribution in [3.05, 3.63) is 72.4 Å². The van der Waals surface area contributed by atoms with Gasteiger partial charge in [-0.1, -0.05) is 0 Å². The minimum Gasteiger partial charge on any atom is -0.346 e. The number of halogens is 2. The molecule has 8 nitrogen and oxygen atoms in total. The first-order valence-electron chi connectivity index (χ1n) is 11.2. The van der Waals surface area contributed by atoms with Crippen LogP contribution in [0.5, 0.6) is 0 Å². The van der Waals surface area contributed by atoms with Gasteiger partial charge in [0.05, 0.1) is 17.5 Å². The topological polar surface area (TPSA) is 82.9 Å². The molecule has 10 heteroatoms. The SMILES string of the molecule is O=C(c1ccc(F)cc1F)N1CCC(N2C[C](n3cc(-c4ncnc5[nH]ccc45)cn3)C2)CC1. The number of carbonyl (C=O) groups excluding carboxylic acids is 1. The van der Waals surface area contributed by atoms with Gasteiger partial charge in [-0.15, -0.1) is 0 Å². The van der Waals surface area contributed by atoms with Gasteiger partial charge in [-0.25, -0.2) is 18.7 Å². The molecule has 5 heterocycles. The lowest BCUT2D eigenvalue weighted by atomic mass is 9.97. The molecular formula is C24H22F2N7O. The molecule has 4 aromatic rings. The van der Waals surface area contributed by atoms with Crippen LogP contribution in [0.3, 0.4) is 0 Å². The minimum absolute atomic E-state index is 0.0745. The van der Waals surface area contributed by atoms with Crippen molar-refractivity contribution in [2.75, 3.05) is 26.2 Å². The van der Waals surface area contributed by atoms with E-state index in [-0.39, 0.29) is 11.5 Å². The fourth-order valence-corrected chi connectivity index (χ4v) is 4.81. The molecule has 1 N–H and O–H groups in total. The van der Waals surface area contributed by atoms with E-state index in [0.717, 1.165) is 60.4 Å². The molecule has 2 aliphatic rings. The number of H-pyrrole nitrogens is 1. The summed E-state index contributed by atoms with van der Waals surface area (Å²) >= 11 is 0. The standard InChI is InChI=1S/C24H22F2N7O/c25-16-1-2-19(21(26)9-16)24(34)31-7-4-17(5-8-31)32-12-18(13-32)33-11-15(10-30-33)22-20-3-6-27-23(20)29-14-28-22/h1-3,6,9-11,14,17H,4-5,7-8,12-13H2,(H,27,28,29). The molecule has 0 saturated carbocycles. The Morgan fingerprint density at radius 3 is 2.71 bits per heavy atom. The number of amides is 1. The molecule has 6 rings (SSSR count). The van der Waals surface area contributed by atoms with Crippen LogP contribution in [0.25, 0.3) is 22.3 Å². The monoisotopic (exact) mass is 462 g/mol. The van der Waals surface area contributed by atoms with E-state index in [2.05, 4.69) is 25.0 Å². The van der Waals surface area contributed by atoms with Crippen molar-refractivity contribution >= 4 is 16.9 Å². The van der Waals surface area contributed by atoms with E-state index in [1.54, 1.807) is 11.2 Å². The van der Waals surface area contributed by atoms with E-state index in [1.165, 1.54) is 12.1 Å². The average molecular weight is 462 g/mol. The number of rotatable bonds is 4. The third kappa shape index (κ3) is 3.63. The van der Waals surface area contributed by atoms with Crippen LogP contribution < -0.4 is 0 Å². The number of aromatic amines is 1. The zero-order valence-corrected chi connectivity index (χ0v) is 18.3. The van der Waals surface area contributed by atoms with Gasteiger partial charge in [-0.3, -0.25) is 14.4 Å². The molecule has 1 radical (unpaired) electrons. The Balaban J connectivity index is 1.05. The number of hydrogen-bond acceptors (Lipinski definition) is 5. The van der Waals surface area contributed by atoms with Gasteiger partial charge < -0.3 is 9.88 Å². The molecular weight excluding hydrogens is 440 g/mol. The predicted octanol–water partition coefficient (Wildman–Crippen LogP) is 3.10. The predicted molar refractivity (Wildman–Crippen MR) is 121 cm³/mol. The second-order valence-corrected chi connectivity index (χ2v) is 8.75. The zero-order chi connectivity index (χ0) is 23.2. The van der Waals surface area contributed by atoms with Crippen LogP contribution >= 0.6 is 0 Å². The fraction of sp³-hybridized carbons (Fsp3) is 0.292. The largest absolute Gasteiger partial charge is 0.346 e. The van der Waals surface area contributed by atoms with Gasteiger partial charge in [0, 0.05) is 61.6 Å². The normalized spacial score (nSPS) is 17.9. The van der Waals surface area contributed by atoms with Gasteiger partial charge in [0.15, 0.2) is 0 Å². The van der Waals surface area contributed by atoms with Crippen molar-refractivity contribution < 1.29 is 13.6 Å². The summed E-state index contributed by atoms with van der Waals surface area (Å²) in [6.45, 7) is 2.74. The molecule has 173 valence electrons. The van der Waals surface area contributed by atoms with E-state index < -0.39 is 11.6 Å². The molecule has 0 atom stereocenters. The number of nitrogens with one attached hydrogen (secondary N) is 1. The molecule has 1 amide bonds. The van der Waals surface area contributed by atoms with Gasteiger partial charge in [-0.05, 0) is 31.0 Å². The lowest BCUT2D eigenvalue weighted by Gasteiger charge is -2.46. The van der Waals surface area contributed by atoms with Crippen molar-refractivity contribution in [3.63, 3.8) is 0 Å². The van der Waals surface area contributed by atoms with Crippen molar-refractivity contribution in [3.8, 4) is 11.3 Å². The van der Waals surface area contributed by atoms with Crippen molar-refractivity contribution in [1.29, 1.82) is 0 Å². The quantitative estimate of drug-likeness (QED) is 0.504. The van der Waals surface area contributed by atoms with Gasteiger partial charge in [0.25, 0.3) is 5.91 Å². The number of nitrogens with zero attached hydrogens (tertiary/aromatic N) is 6. The van der Waals surface area contributed by atoms with Crippen molar-refractivity contribution in [2.24, 2.45) is 0 Å². The lowest BCUT2D eigenvalue weighted by molar-refractivity contribution is 0.0511. The summed E-state index contributed by atoms with van der Waals surface area (Å²) < 4.78 is 29.0. The van der Waals surface area contributed by atoms with E-state index in [9.17, 15) is 13.6 Å². The molecule has 0 bridgehead atoms. The maximum absolute atomic E-state index is 14.0. The minimum atomic E-state index is -0.813. The summed E-state index contributed by atoms with van der Waals surface area (Å²) in [4.78, 5) is 28.4. The van der Waals surface area contributed by atoms with Crippen molar-refractivity contribution in [1.82, 2.24) is 34.5 Å². The van der Waals surface area contributed by atoms with E-state index in [1.807, 2.05) is 29.3 Å². The second-order valence-electron chi connectivity index (χ2n) is 8.75. The smallest absolute Gasteiger partial charge is 0.256 e. The summed E-state index contributed by atoms with van der Waals surface area (Å²) in [5.74, 6) is -1.87. The van der Waals surface area contributed by atoms with Crippen LogP contribution in [0.2, 0.25) is 0 Å². The third-order valence-electron chi connectivity index (χ3n) is 6.73. The molecule has 1 aromatic carbocycles. The van der Waals surface area contributed by atoms with E-state index in [4.69, 9.17) is 0 Å². The highest BCUT2D eigenvalue weighted by Gasteiger charge is 2.37. The van der Waals surface area contributed by atoms with Gasteiger partial charge >= 0.3 is 0 Å². The first-order valence-corrected chi connectivity index (χ1v) is 11.2. The average Bonchev–Trinajstić information content (AvgIpc) is 3.48. The fourth-order valence-electron chi connectivity index (χ4n) is 4.81. The van der Waals surface area contributed by atoms with Gasteiger partial charge in [0.2, 0.25) is 0 Å². The highest BCUT2D eigenvalue weighted by atomic mass is 19.1. The Bertz CT molecular complexity index is 1350. The molecule has 2 saturated heterocycles. The van der Waals surface area contributed by atoms with E-state index >= 15 is 0 Å². The maximum Gasteiger partial charge on any atom is 0.256 e. The summed E-state index contributed by atoms with van der Waals surface area (Å²) in [6.07, 6.45) is 8.85. The number of aromatic nitrogens is 5. The van der Waals surface area contributed by atoms with Crippen LogP contribution in [-0.2, 0) is 0 Å². The number of hydrogen-bond donors (Lipinski definition) is 1. The summed E-state index contributed by atoms with van der Waals surface area (Å²) in [7, 11) is 0. The van der Waals surface area contributed by atoms with Crippen LogP contribution in [-0.4, -0.2) is 72.7 Å². The van der Waals surface area contributed by atoms with Crippen LogP contribution in [0.4, 0.5) is 8.78 Å². The zero-order valence-electron chi connectivity index (χ0n) is 18.3. The Morgan fingerprint density at radius 2 is 1.91 bits per heavy atom. The summed E-state index contributed by atoms with van der Waals surface area (Å²) in [6, 6.07) is 6.62. The molecule has 0 spiro atoms. The highest BCUT2D eigenvalue weighted by Crippen LogP contribution is 2.30. The molecule has 0 aliphatic carbocycles. The first kappa shape index (κ1) is 20.9. The molecule has 0 unspecified atom stereocenters. The molecule has 2 fully saturated rings. The second kappa shape index (κ2) is 8.28. The van der Waals surface area contributed by atoms with Crippen LogP contribution in [0.15, 0.2) is 49.2 Å². The van der Waals surface area contributed by atoms with Gasteiger partial charge in [-0.2, -0.15) is 5.10 Å². The third-order valence-corrected chi connectivity index (χ3v) is 6.73. The summed E-state index contributed by atoms with van der Waals surface area (Å²) in [5.41, 5.74) is 2.52.